The van der Waals surface area contributed by atoms with Crippen LogP contribution in [0.5, 0.6) is 5.75 Å². The summed E-state index contributed by atoms with van der Waals surface area (Å²) in [7, 11) is 0. The molecule has 0 aliphatic carbocycles. The minimum atomic E-state index is -0.320. The highest BCUT2D eigenvalue weighted by Gasteiger charge is 2.28. The normalized spacial score (nSPS) is 13.0. The van der Waals surface area contributed by atoms with Crippen molar-refractivity contribution in [3.63, 3.8) is 0 Å². The van der Waals surface area contributed by atoms with Crippen molar-refractivity contribution in [1.29, 1.82) is 0 Å². The highest BCUT2D eigenvalue weighted by molar-refractivity contribution is 6.06. The molecule has 2 amide bonds. The largest absolute Gasteiger partial charge is 0.482 e. The van der Waals surface area contributed by atoms with Gasteiger partial charge in [-0.05, 0) is 43.7 Å². The van der Waals surface area contributed by atoms with E-state index < -0.39 is 0 Å². The van der Waals surface area contributed by atoms with Gasteiger partial charge in [0, 0.05) is 17.7 Å². The summed E-state index contributed by atoms with van der Waals surface area (Å²) in [6, 6.07) is 10.7. The lowest BCUT2D eigenvalue weighted by Crippen LogP contribution is -2.43. The number of hydrogen-bond donors (Lipinski definition) is 1. The molecule has 1 heterocycles. The number of fused-ring (bicyclic) bond motifs is 1. The van der Waals surface area contributed by atoms with Gasteiger partial charge in [-0.1, -0.05) is 24.6 Å². The summed E-state index contributed by atoms with van der Waals surface area (Å²) in [5, 5.41) is 2.84. The third-order valence-corrected chi connectivity index (χ3v) is 4.50. The van der Waals surface area contributed by atoms with Crippen molar-refractivity contribution in [1.82, 2.24) is 0 Å². The van der Waals surface area contributed by atoms with Crippen molar-refractivity contribution in [2.45, 2.75) is 27.2 Å². The Bertz CT molecular complexity index is 920. The first-order valence-corrected chi connectivity index (χ1v) is 8.86. The fourth-order valence-electron chi connectivity index (χ4n) is 3.04. The summed E-state index contributed by atoms with van der Waals surface area (Å²) in [6.07, 6.45) is 0.362. The predicted octanol–water partition coefficient (Wildman–Crippen LogP) is 3.26. The van der Waals surface area contributed by atoms with Crippen molar-refractivity contribution in [3.8, 4) is 5.75 Å². The molecule has 2 aromatic carbocycles. The van der Waals surface area contributed by atoms with E-state index in [1.165, 1.54) is 4.90 Å². The predicted molar refractivity (Wildman–Crippen MR) is 103 cm³/mol. The molecule has 1 aliphatic rings. The molecule has 0 spiro atoms. The van der Waals surface area contributed by atoms with E-state index in [4.69, 9.17) is 4.74 Å². The Hall–Kier alpha value is -3.15. The van der Waals surface area contributed by atoms with Gasteiger partial charge in [-0.3, -0.25) is 19.3 Å². The zero-order valence-electron chi connectivity index (χ0n) is 15.7. The Kier molecular flexibility index (Phi) is 5.26. The molecule has 1 aliphatic heterocycles. The summed E-state index contributed by atoms with van der Waals surface area (Å²) >= 11 is 0. The molecule has 6 nitrogen and oxygen atoms in total. The summed E-state index contributed by atoms with van der Waals surface area (Å²) in [5.41, 5.74) is 3.71. The van der Waals surface area contributed by atoms with E-state index in [0.717, 1.165) is 11.1 Å². The van der Waals surface area contributed by atoms with Crippen molar-refractivity contribution in [2.75, 3.05) is 23.4 Å². The summed E-state index contributed by atoms with van der Waals surface area (Å²) in [4.78, 5) is 38.2. The minimum absolute atomic E-state index is 0.0319. The van der Waals surface area contributed by atoms with Crippen molar-refractivity contribution < 1.29 is 19.1 Å². The number of ether oxygens (including phenoxy) is 1. The molecule has 0 radical (unpaired) electrons. The van der Waals surface area contributed by atoms with Gasteiger partial charge in [0.2, 0.25) is 5.91 Å². The van der Waals surface area contributed by atoms with E-state index in [2.05, 4.69) is 5.32 Å². The maximum atomic E-state index is 12.5. The van der Waals surface area contributed by atoms with Crippen LogP contribution >= 0.6 is 0 Å². The second-order valence-electron chi connectivity index (χ2n) is 6.59. The van der Waals surface area contributed by atoms with E-state index in [0.29, 0.717) is 29.1 Å². The van der Waals surface area contributed by atoms with Crippen molar-refractivity contribution in [3.05, 3.63) is 53.1 Å². The number of anilines is 2. The first-order valence-electron chi connectivity index (χ1n) is 8.86. The van der Waals surface area contributed by atoms with Gasteiger partial charge in [-0.25, -0.2) is 0 Å². The SMILES string of the molecule is CCC(=O)c1ccc2c(c1)N(CC(=O)Nc1ccc(C)cc1C)C(=O)CO2. The van der Waals surface area contributed by atoms with Gasteiger partial charge in [-0.15, -0.1) is 0 Å². The number of amides is 2. The van der Waals surface area contributed by atoms with Crippen molar-refractivity contribution >= 4 is 29.0 Å². The van der Waals surface area contributed by atoms with E-state index in [1.54, 1.807) is 25.1 Å². The summed E-state index contributed by atoms with van der Waals surface area (Å²) in [6.45, 7) is 5.40. The molecule has 27 heavy (non-hydrogen) atoms. The first-order chi connectivity index (χ1) is 12.9. The van der Waals surface area contributed by atoms with E-state index >= 15 is 0 Å². The maximum absolute atomic E-state index is 12.5. The van der Waals surface area contributed by atoms with Crippen LogP contribution in [0.4, 0.5) is 11.4 Å². The highest BCUT2D eigenvalue weighted by Crippen LogP contribution is 2.33. The Balaban J connectivity index is 1.83. The molecule has 0 unspecified atom stereocenters. The van der Waals surface area contributed by atoms with Gasteiger partial charge in [-0.2, -0.15) is 0 Å². The quantitative estimate of drug-likeness (QED) is 0.824. The topological polar surface area (TPSA) is 75.7 Å². The second kappa shape index (κ2) is 7.61. The molecule has 0 atom stereocenters. The summed E-state index contributed by atoms with van der Waals surface area (Å²) < 4.78 is 5.43. The highest BCUT2D eigenvalue weighted by atomic mass is 16.5. The molecule has 1 N–H and O–H groups in total. The van der Waals surface area contributed by atoms with Crippen LogP contribution in [-0.4, -0.2) is 30.7 Å². The molecule has 140 valence electrons. The van der Waals surface area contributed by atoms with Gasteiger partial charge >= 0.3 is 0 Å². The number of carbonyl (C=O) groups excluding carboxylic acids is 3. The standard InChI is InChI=1S/C21H22N2O4/c1-4-18(24)15-6-8-19-17(10-15)23(21(26)12-27-19)11-20(25)22-16-7-5-13(2)9-14(16)3/h5-10H,4,11-12H2,1-3H3,(H,22,25). The maximum Gasteiger partial charge on any atom is 0.265 e. The van der Waals surface area contributed by atoms with Crippen LogP contribution in [-0.2, 0) is 9.59 Å². The van der Waals surface area contributed by atoms with Gasteiger partial charge in [0.05, 0.1) is 5.69 Å². The second-order valence-corrected chi connectivity index (χ2v) is 6.59. The van der Waals surface area contributed by atoms with Gasteiger partial charge in [0.15, 0.2) is 12.4 Å². The van der Waals surface area contributed by atoms with E-state index in [9.17, 15) is 14.4 Å². The fraction of sp³-hybridized carbons (Fsp3) is 0.286. The smallest absolute Gasteiger partial charge is 0.265 e. The number of rotatable bonds is 5. The number of nitrogens with zero attached hydrogens (tertiary/aromatic N) is 1. The lowest BCUT2D eigenvalue weighted by molar-refractivity contribution is -0.123. The molecule has 0 bridgehead atoms. The van der Waals surface area contributed by atoms with Gasteiger partial charge < -0.3 is 10.1 Å². The number of benzene rings is 2. The number of nitrogens with one attached hydrogen (secondary N) is 1. The van der Waals surface area contributed by atoms with Crippen LogP contribution in [0.3, 0.4) is 0 Å². The number of aryl methyl sites for hydroxylation is 2. The number of carbonyl (C=O) groups is 3. The zero-order chi connectivity index (χ0) is 19.6. The first kappa shape index (κ1) is 18.6. The molecule has 3 rings (SSSR count). The Labute approximate surface area is 158 Å². The Morgan fingerprint density at radius 2 is 1.93 bits per heavy atom. The molecule has 0 aromatic heterocycles. The molecule has 6 heteroatoms. The van der Waals surface area contributed by atoms with Crippen LogP contribution in [0.2, 0.25) is 0 Å². The monoisotopic (exact) mass is 366 g/mol. The Morgan fingerprint density at radius 3 is 2.63 bits per heavy atom. The van der Waals surface area contributed by atoms with Gasteiger partial charge in [0.25, 0.3) is 5.91 Å². The van der Waals surface area contributed by atoms with E-state index in [1.807, 2.05) is 32.0 Å². The van der Waals surface area contributed by atoms with Crippen LogP contribution in [0.25, 0.3) is 0 Å². The Morgan fingerprint density at radius 1 is 1.15 bits per heavy atom. The third kappa shape index (κ3) is 4.00. The van der Waals surface area contributed by atoms with Crippen molar-refractivity contribution in [2.24, 2.45) is 0 Å². The lowest BCUT2D eigenvalue weighted by atomic mass is 10.1. The van der Waals surface area contributed by atoms with Crippen LogP contribution < -0.4 is 15.0 Å². The fourth-order valence-corrected chi connectivity index (χ4v) is 3.04. The lowest BCUT2D eigenvalue weighted by Gasteiger charge is -2.29. The zero-order valence-corrected chi connectivity index (χ0v) is 15.7. The number of Topliss-reactive ketones (excluding diaryl/α,β-unsaturated/α-hetero) is 1. The minimum Gasteiger partial charge on any atom is -0.482 e. The average molecular weight is 366 g/mol. The molecule has 0 fully saturated rings. The molecular formula is C21H22N2O4. The molecule has 0 saturated carbocycles. The molecule has 2 aromatic rings. The van der Waals surface area contributed by atoms with Crippen LogP contribution in [0.15, 0.2) is 36.4 Å². The van der Waals surface area contributed by atoms with E-state index in [-0.39, 0.29) is 30.7 Å². The van der Waals surface area contributed by atoms with Crippen LogP contribution in [0.1, 0.15) is 34.8 Å². The number of ketones is 1. The molecular weight excluding hydrogens is 344 g/mol. The molecule has 0 saturated heterocycles. The van der Waals surface area contributed by atoms with Gasteiger partial charge in [0.1, 0.15) is 12.3 Å². The van der Waals surface area contributed by atoms with Crippen LogP contribution in [0, 0.1) is 13.8 Å². The summed E-state index contributed by atoms with van der Waals surface area (Å²) in [5.74, 6) is -0.174. The number of hydrogen-bond acceptors (Lipinski definition) is 4. The average Bonchev–Trinajstić information content (AvgIpc) is 2.65. The third-order valence-electron chi connectivity index (χ3n) is 4.50.